The minimum Gasteiger partial charge on any atom is -0.397 e. The molecule has 1 saturated carbocycles. The molecule has 0 spiro atoms. The van der Waals surface area contributed by atoms with Gasteiger partial charge in [-0.25, -0.2) is 0 Å². The van der Waals surface area contributed by atoms with Gasteiger partial charge in [0.15, 0.2) is 0 Å². The first-order chi connectivity index (χ1) is 11.1. The van der Waals surface area contributed by atoms with Crippen molar-refractivity contribution in [3.63, 3.8) is 0 Å². The second-order valence-electron chi connectivity index (χ2n) is 6.54. The molecule has 0 aromatic carbocycles. The van der Waals surface area contributed by atoms with Crippen LogP contribution in [0.3, 0.4) is 0 Å². The van der Waals surface area contributed by atoms with Gasteiger partial charge in [-0.05, 0) is 56.7 Å². The second-order valence-corrected chi connectivity index (χ2v) is 6.54. The number of rotatable bonds is 3. The Hall–Kier alpha value is -2.36. The molecule has 2 aliphatic rings. The van der Waals surface area contributed by atoms with Crippen molar-refractivity contribution in [1.29, 1.82) is 0 Å². The summed E-state index contributed by atoms with van der Waals surface area (Å²) in [7, 11) is 0. The van der Waals surface area contributed by atoms with E-state index < -0.39 is 0 Å². The van der Waals surface area contributed by atoms with Crippen LogP contribution in [0.1, 0.15) is 59.9 Å². The fourth-order valence-electron chi connectivity index (χ4n) is 3.43. The Morgan fingerprint density at radius 2 is 2.09 bits per heavy atom. The van der Waals surface area contributed by atoms with Gasteiger partial charge in [-0.15, -0.1) is 0 Å². The van der Waals surface area contributed by atoms with Crippen LogP contribution < -0.4 is 5.73 Å². The first-order valence-corrected chi connectivity index (χ1v) is 8.23. The molecule has 2 aromatic heterocycles. The van der Waals surface area contributed by atoms with Crippen molar-refractivity contribution < 1.29 is 4.52 Å². The van der Waals surface area contributed by atoms with Gasteiger partial charge in [-0.3, -0.25) is 4.98 Å². The van der Waals surface area contributed by atoms with Crippen molar-refractivity contribution >= 4 is 16.8 Å². The molecule has 118 valence electrons. The quantitative estimate of drug-likeness (QED) is 0.912. The summed E-state index contributed by atoms with van der Waals surface area (Å²) in [6.45, 7) is 3.98. The maximum absolute atomic E-state index is 6.00. The molecule has 4 rings (SSSR count). The lowest BCUT2D eigenvalue weighted by molar-refractivity contribution is 0.393. The van der Waals surface area contributed by atoms with Gasteiger partial charge in [0, 0.05) is 17.0 Å². The normalized spacial score (nSPS) is 17.8. The van der Waals surface area contributed by atoms with Crippen molar-refractivity contribution in [3.05, 3.63) is 52.7 Å². The summed E-state index contributed by atoms with van der Waals surface area (Å²) in [5, 5.41) is 4.09. The number of aromatic nitrogens is 2. The number of aryl methyl sites for hydroxylation is 2. The molecule has 0 aliphatic heterocycles. The molecular formula is C19H21N3O. The zero-order valence-corrected chi connectivity index (χ0v) is 13.6. The molecule has 1 fully saturated rings. The van der Waals surface area contributed by atoms with E-state index in [1.165, 1.54) is 35.2 Å². The molecule has 0 atom stereocenters. The van der Waals surface area contributed by atoms with Crippen molar-refractivity contribution in [2.75, 3.05) is 5.73 Å². The Bertz CT molecular complexity index is 806. The summed E-state index contributed by atoms with van der Waals surface area (Å²) >= 11 is 0. The number of nitrogens with zero attached hydrogens (tertiary/aromatic N) is 2. The average Bonchev–Trinajstić information content (AvgIpc) is 3.33. The van der Waals surface area contributed by atoms with Crippen LogP contribution in [0.25, 0.3) is 11.1 Å². The van der Waals surface area contributed by atoms with E-state index in [2.05, 4.69) is 28.4 Å². The summed E-state index contributed by atoms with van der Waals surface area (Å²) in [5.41, 5.74) is 13.7. The number of anilines is 1. The largest absolute Gasteiger partial charge is 0.397 e. The number of allylic oxidation sites excluding steroid dienone is 4. The van der Waals surface area contributed by atoms with E-state index in [0.717, 1.165) is 35.5 Å². The highest BCUT2D eigenvalue weighted by Crippen LogP contribution is 2.44. The smallest absolute Gasteiger partial charge is 0.141 e. The maximum atomic E-state index is 6.00. The predicted octanol–water partition coefficient (Wildman–Crippen LogP) is 4.41. The van der Waals surface area contributed by atoms with Crippen LogP contribution >= 0.6 is 0 Å². The van der Waals surface area contributed by atoms with E-state index in [0.29, 0.717) is 5.92 Å². The molecule has 2 heterocycles. The van der Waals surface area contributed by atoms with Gasteiger partial charge in [-0.2, -0.15) is 0 Å². The molecule has 23 heavy (non-hydrogen) atoms. The van der Waals surface area contributed by atoms with Crippen molar-refractivity contribution in [2.45, 2.75) is 45.4 Å². The first kappa shape index (κ1) is 14.2. The summed E-state index contributed by atoms with van der Waals surface area (Å²) in [6, 6.07) is 2.07. The van der Waals surface area contributed by atoms with Gasteiger partial charge in [0.1, 0.15) is 5.76 Å². The molecular weight excluding hydrogens is 286 g/mol. The van der Waals surface area contributed by atoms with Gasteiger partial charge in [0.25, 0.3) is 0 Å². The van der Waals surface area contributed by atoms with Gasteiger partial charge >= 0.3 is 0 Å². The van der Waals surface area contributed by atoms with E-state index in [1.807, 2.05) is 13.8 Å². The fourth-order valence-corrected chi connectivity index (χ4v) is 3.43. The van der Waals surface area contributed by atoms with E-state index in [4.69, 9.17) is 10.3 Å². The monoisotopic (exact) mass is 307 g/mol. The van der Waals surface area contributed by atoms with E-state index in [1.54, 1.807) is 6.20 Å². The zero-order valence-electron chi connectivity index (χ0n) is 13.6. The number of nitrogens with two attached hydrogens (primary N) is 1. The fraction of sp³-hybridized carbons (Fsp3) is 0.368. The second kappa shape index (κ2) is 5.37. The third-order valence-electron chi connectivity index (χ3n) is 4.68. The minimum absolute atomic E-state index is 0.601. The average molecular weight is 307 g/mol. The number of nitrogen functional groups attached to an aromatic ring is 1. The summed E-state index contributed by atoms with van der Waals surface area (Å²) in [4.78, 5) is 4.61. The molecule has 0 unspecified atom stereocenters. The van der Waals surface area contributed by atoms with Crippen LogP contribution in [0.15, 0.2) is 28.9 Å². The number of hydrogen-bond acceptors (Lipinski definition) is 4. The lowest BCUT2D eigenvalue weighted by Crippen LogP contribution is -2.01. The Morgan fingerprint density at radius 3 is 2.78 bits per heavy atom. The Balaban J connectivity index is 1.78. The van der Waals surface area contributed by atoms with Gasteiger partial charge in [0.05, 0.1) is 23.3 Å². The van der Waals surface area contributed by atoms with Gasteiger partial charge in [0.2, 0.25) is 0 Å². The lowest BCUT2D eigenvalue weighted by Gasteiger charge is -2.16. The molecule has 4 heteroatoms. The standard InChI is InChI=1S/C19H21N3O/c1-11-18(12(2)23-22-11)15-5-3-4-14(8-15)17-9-16(20)10-21-19(17)13-6-7-13/h4,8-10,13H,3,5-7,20H2,1-2H3. The van der Waals surface area contributed by atoms with E-state index >= 15 is 0 Å². The highest BCUT2D eigenvalue weighted by atomic mass is 16.5. The SMILES string of the molecule is Cc1noc(C)c1C1=CC(c2cc(N)cnc2C2CC2)=CCC1. The highest BCUT2D eigenvalue weighted by molar-refractivity contribution is 5.88. The molecule has 2 N–H and O–H groups in total. The van der Waals surface area contributed by atoms with Crippen LogP contribution in [-0.4, -0.2) is 10.1 Å². The van der Waals surface area contributed by atoms with Crippen molar-refractivity contribution in [1.82, 2.24) is 10.1 Å². The van der Waals surface area contributed by atoms with Crippen LogP contribution in [0.5, 0.6) is 0 Å². The maximum Gasteiger partial charge on any atom is 0.141 e. The van der Waals surface area contributed by atoms with E-state index in [9.17, 15) is 0 Å². The molecule has 2 aromatic rings. The minimum atomic E-state index is 0.601. The number of hydrogen-bond donors (Lipinski definition) is 1. The first-order valence-electron chi connectivity index (χ1n) is 8.23. The summed E-state index contributed by atoms with van der Waals surface area (Å²) in [6.07, 6.45) is 10.8. The summed E-state index contributed by atoms with van der Waals surface area (Å²) in [5.74, 6) is 1.49. The highest BCUT2D eigenvalue weighted by Gasteiger charge is 2.29. The lowest BCUT2D eigenvalue weighted by atomic mass is 9.89. The molecule has 0 bridgehead atoms. The third kappa shape index (κ3) is 2.58. The van der Waals surface area contributed by atoms with Crippen molar-refractivity contribution in [3.8, 4) is 0 Å². The van der Waals surface area contributed by atoms with Gasteiger partial charge < -0.3 is 10.3 Å². The predicted molar refractivity (Wildman–Crippen MR) is 91.8 cm³/mol. The summed E-state index contributed by atoms with van der Waals surface area (Å²) < 4.78 is 5.34. The molecule has 4 nitrogen and oxygen atoms in total. The third-order valence-corrected chi connectivity index (χ3v) is 4.68. The Morgan fingerprint density at radius 1 is 1.26 bits per heavy atom. The Kier molecular flexibility index (Phi) is 3.33. The van der Waals surface area contributed by atoms with Crippen LogP contribution in [0.2, 0.25) is 0 Å². The zero-order chi connectivity index (χ0) is 16.0. The Labute approximate surface area is 136 Å². The van der Waals surface area contributed by atoms with Crippen LogP contribution in [0.4, 0.5) is 5.69 Å². The van der Waals surface area contributed by atoms with Gasteiger partial charge in [-0.1, -0.05) is 17.3 Å². The van der Waals surface area contributed by atoms with Crippen LogP contribution in [-0.2, 0) is 0 Å². The van der Waals surface area contributed by atoms with Crippen LogP contribution in [0, 0.1) is 13.8 Å². The number of pyridine rings is 1. The molecule has 2 aliphatic carbocycles. The topological polar surface area (TPSA) is 64.9 Å². The van der Waals surface area contributed by atoms with E-state index in [-0.39, 0.29) is 0 Å². The molecule has 0 radical (unpaired) electrons. The molecule has 0 amide bonds. The molecule has 0 saturated heterocycles. The van der Waals surface area contributed by atoms with Crippen molar-refractivity contribution in [2.24, 2.45) is 0 Å².